The quantitative estimate of drug-likeness (QED) is 0.200. The molecular weight excluding hydrogens is 570 g/mol. The lowest BCUT2D eigenvalue weighted by atomic mass is 9.98. The highest BCUT2D eigenvalue weighted by atomic mass is 35.5. The topological polar surface area (TPSA) is 76.7 Å². The highest BCUT2D eigenvalue weighted by Crippen LogP contribution is 2.38. The standard InChI is InChI=1S/C36H36ClN5O2/c1-24(27-9-6-10-29(37)21-27)38-35(43)28-13-16-32-31(22-28)33(36(44)40-32)34(26-7-4-3-5-8-26)39-30-14-11-25(12-15-30)23-42-19-17-41(2)18-20-42/h3-16,21-22,24,39H,17-20,23H2,1-2H3,(H,38,43)(H,40,44)/b34-33-/t24-/m1/s1. The number of halogens is 1. The molecule has 8 heteroatoms. The van der Waals surface area contributed by atoms with Gasteiger partial charge in [0.2, 0.25) is 0 Å². The number of nitrogens with one attached hydrogen (secondary N) is 3. The van der Waals surface area contributed by atoms with Crippen molar-refractivity contribution in [2.45, 2.75) is 19.5 Å². The number of likely N-dealkylation sites (N-methyl/N-ethyl adjacent to an activating group) is 1. The summed E-state index contributed by atoms with van der Waals surface area (Å²) in [4.78, 5) is 31.6. The van der Waals surface area contributed by atoms with Crippen LogP contribution in [0, 0.1) is 0 Å². The van der Waals surface area contributed by atoms with Crippen molar-refractivity contribution < 1.29 is 9.59 Å². The van der Waals surface area contributed by atoms with Gasteiger partial charge in [0, 0.05) is 60.2 Å². The van der Waals surface area contributed by atoms with E-state index in [-0.39, 0.29) is 17.9 Å². The Morgan fingerprint density at radius 3 is 2.36 bits per heavy atom. The Bertz CT molecular complexity index is 1700. The molecule has 2 aliphatic heterocycles. The minimum Gasteiger partial charge on any atom is -0.354 e. The van der Waals surface area contributed by atoms with E-state index in [4.69, 9.17) is 11.6 Å². The third-order valence-corrected chi connectivity index (χ3v) is 8.50. The molecule has 0 unspecified atom stereocenters. The lowest BCUT2D eigenvalue weighted by Gasteiger charge is -2.32. The molecule has 0 aromatic heterocycles. The van der Waals surface area contributed by atoms with Crippen LogP contribution in [0.3, 0.4) is 0 Å². The van der Waals surface area contributed by atoms with Crippen molar-refractivity contribution in [2.24, 2.45) is 0 Å². The van der Waals surface area contributed by atoms with Gasteiger partial charge in [0.05, 0.1) is 17.3 Å². The number of nitrogens with zero attached hydrogens (tertiary/aromatic N) is 2. The SMILES string of the molecule is C[C@@H](NC(=O)c1ccc2c(c1)/C(=C(/Nc1ccc(CN3CCN(C)CC3)cc1)c1ccccc1)C(=O)N2)c1cccc(Cl)c1. The predicted molar refractivity (Wildman–Crippen MR) is 178 cm³/mol. The molecule has 0 radical (unpaired) electrons. The summed E-state index contributed by atoms with van der Waals surface area (Å²) in [5, 5.41) is 10.2. The minimum atomic E-state index is -0.245. The van der Waals surface area contributed by atoms with E-state index in [2.05, 4.69) is 57.1 Å². The van der Waals surface area contributed by atoms with Crippen LogP contribution in [0.2, 0.25) is 5.02 Å². The molecule has 2 heterocycles. The molecular formula is C36H36ClN5O2. The van der Waals surface area contributed by atoms with Gasteiger partial charge in [-0.2, -0.15) is 0 Å². The van der Waals surface area contributed by atoms with E-state index in [9.17, 15) is 9.59 Å². The van der Waals surface area contributed by atoms with Gasteiger partial charge in [-0.05, 0) is 73.1 Å². The molecule has 1 atom stereocenters. The molecule has 0 saturated carbocycles. The lowest BCUT2D eigenvalue weighted by Crippen LogP contribution is -2.43. The van der Waals surface area contributed by atoms with Gasteiger partial charge >= 0.3 is 0 Å². The van der Waals surface area contributed by atoms with Gasteiger partial charge in [0.1, 0.15) is 0 Å². The number of carbonyl (C=O) groups is 2. The van der Waals surface area contributed by atoms with Crippen molar-refractivity contribution in [3.8, 4) is 0 Å². The van der Waals surface area contributed by atoms with Crippen LogP contribution in [0.1, 0.15) is 45.6 Å². The fourth-order valence-electron chi connectivity index (χ4n) is 5.68. The van der Waals surface area contributed by atoms with Crippen LogP contribution in [0.25, 0.3) is 11.3 Å². The molecule has 0 aliphatic carbocycles. The molecule has 4 aromatic carbocycles. The van der Waals surface area contributed by atoms with Gasteiger partial charge in [-0.3, -0.25) is 14.5 Å². The van der Waals surface area contributed by atoms with Crippen molar-refractivity contribution in [3.05, 3.63) is 130 Å². The summed E-state index contributed by atoms with van der Waals surface area (Å²) in [6, 6.07) is 30.7. The van der Waals surface area contributed by atoms with Crippen LogP contribution >= 0.6 is 11.6 Å². The van der Waals surface area contributed by atoms with E-state index in [0.29, 0.717) is 33.1 Å². The van der Waals surface area contributed by atoms with Crippen LogP contribution < -0.4 is 16.0 Å². The zero-order valence-electron chi connectivity index (χ0n) is 24.9. The van der Waals surface area contributed by atoms with Gasteiger partial charge in [0.25, 0.3) is 11.8 Å². The first-order valence-electron chi connectivity index (χ1n) is 14.9. The lowest BCUT2D eigenvalue weighted by molar-refractivity contribution is -0.110. The van der Waals surface area contributed by atoms with E-state index in [1.165, 1.54) is 5.56 Å². The van der Waals surface area contributed by atoms with Gasteiger partial charge in [-0.25, -0.2) is 0 Å². The number of rotatable bonds is 8. The zero-order valence-corrected chi connectivity index (χ0v) is 25.7. The average Bonchev–Trinajstić information content (AvgIpc) is 3.36. The maximum atomic E-state index is 13.5. The van der Waals surface area contributed by atoms with Crippen LogP contribution in [0.15, 0.2) is 97.1 Å². The Hall–Kier alpha value is -4.43. The third kappa shape index (κ3) is 6.70. The van der Waals surface area contributed by atoms with E-state index in [1.807, 2.05) is 55.5 Å². The molecule has 44 heavy (non-hydrogen) atoms. The fourth-order valence-corrected chi connectivity index (χ4v) is 5.88. The average molecular weight is 606 g/mol. The van der Waals surface area contributed by atoms with Crippen molar-refractivity contribution in [1.82, 2.24) is 15.1 Å². The Morgan fingerprint density at radius 2 is 1.64 bits per heavy atom. The van der Waals surface area contributed by atoms with Crippen LogP contribution in [0.5, 0.6) is 0 Å². The van der Waals surface area contributed by atoms with Crippen LogP contribution in [0.4, 0.5) is 11.4 Å². The summed E-state index contributed by atoms with van der Waals surface area (Å²) in [6.45, 7) is 7.13. The first-order valence-corrected chi connectivity index (χ1v) is 15.3. The maximum absolute atomic E-state index is 13.5. The van der Waals surface area contributed by atoms with Crippen molar-refractivity contribution in [1.29, 1.82) is 0 Å². The second-order valence-corrected chi connectivity index (χ2v) is 11.9. The third-order valence-electron chi connectivity index (χ3n) is 8.26. The smallest absolute Gasteiger partial charge is 0.258 e. The summed E-state index contributed by atoms with van der Waals surface area (Å²) < 4.78 is 0. The number of piperazine rings is 1. The van der Waals surface area contributed by atoms with E-state index >= 15 is 0 Å². The highest BCUT2D eigenvalue weighted by Gasteiger charge is 2.29. The second-order valence-electron chi connectivity index (χ2n) is 11.5. The fraction of sp³-hybridized carbons (Fsp3) is 0.222. The molecule has 1 saturated heterocycles. The first kappa shape index (κ1) is 29.6. The number of benzene rings is 4. The van der Waals surface area contributed by atoms with Crippen LogP contribution in [-0.4, -0.2) is 54.8 Å². The molecule has 2 amide bonds. The van der Waals surface area contributed by atoms with Gasteiger partial charge in [0.15, 0.2) is 0 Å². The summed E-state index contributed by atoms with van der Waals surface area (Å²) in [5.74, 6) is -0.452. The zero-order chi connectivity index (χ0) is 30.6. The molecule has 224 valence electrons. The van der Waals surface area contributed by atoms with Gasteiger partial charge in [-0.15, -0.1) is 0 Å². The Balaban J connectivity index is 1.28. The number of amides is 2. The number of fused-ring (bicyclic) bond motifs is 1. The molecule has 2 aliphatic rings. The summed E-state index contributed by atoms with van der Waals surface area (Å²) >= 11 is 6.16. The molecule has 3 N–H and O–H groups in total. The monoisotopic (exact) mass is 605 g/mol. The summed E-state index contributed by atoms with van der Waals surface area (Å²) in [5.41, 5.74) is 6.89. The molecule has 4 aromatic rings. The predicted octanol–water partition coefficient (Wildman–Crippen LogP) is 6.51. The van der Waals surface area contributed by atoms with Crippen molar-refractivity contribution in [3.63, 3.8) is 0 Å². The Morgan fingerprint density at radius 1 is 0.886 bits per heavy atom. The molecule has 7 nitrogen and oxygen atoms in total. The first-order chi connectivity index (χ1) is 21.3. The second kappa shape index (κ2) is 13.1. The van der Waals surface area contributed by atoms with Gasteiger partial charge < -0.3 is 20.9 Å². The molecule has 1 fully saturated rings. The maximum Gasteiger partial charge on any atom is 0.258 e. The summed E-state index contributed by atoms with van der Waals surface area (Å²) in [7, 11) is 2.17. The van der Waals surface area contributed by atoms with Gasteiger partial charge in [-0.1, -0.05) is 66.2 Å². The highest BCUT2D eigenvalue weighted by molar-refractivity contribution is 6.37. The van der Waals surface area contributed by atoms with Crippen LogP contribution in [-0.2, 0) is 11.3 Å². The number of hydrogen-bond donors (Lipinski definition) is 3. The van der Waals surface area contributed by atoms with E-state index < -0.39 is 0 Å². The molecule has 6 rings (SSSR count). The summed E-state index contributed by atoms with van der Waals surface area (Å²) in [6.07, 6.45) is 0. The Labute approximate surface area is 263 Å². The Kier molecular flexibility index (Phi) is 8.79. The number of anilines is 2. The van der Waals surface area contributed by atoms with Crippen molar-refractivity contribution in [2.75, 3.05) is 43.9 Å². The molecule has 0 bridgehead atoms. The normalized spacial score (nSPS) is 17.0. The van der Waals surface area contributed by atoms with E-state index in [0.717, 1.165) is 49.5 Å². The van der Waals surface area contributed by atoms with E-state index in [1.54, 1.807) is 24.3 Å². The number of hydrogen-bond acceptors (Lipinski definition) is 5. The van der Waals surface area contributed by atoms with Crippen molar-refractivity contribution >= 4 is 46.1 Å². The molecule has 0 spiro atoms. The number of carbonyl (C=O) groups excluding carboxylic acids is 2. The largest absolute Gasteiger partial charge is 0.354 e. The minimum absolute atomic E-state index is 0.220.